The van der Waals surface area contributed by atoms with E-state index in [-0.39, 0.29) is 24.9 Å². The van der Waals surface area contributed by atoms with Crippen LogP contribution in [-0.4, -0.2) is 131 Å². The van der Waals surface area contributed by atoms with Crippen LogP contribution in [0.2, 0.25) is 0 Å². The van der Waals surface area contributed by atoms with Crippen LogP contribution in [0.1, 0.15) is 36.8 Å². The Kier molecular flexibility index (Phi) is 14.0. The van der Waals surface area contributed by atoms with E-state index in [0.29, 0.717) is 74.7 Å². The number of aromatic nitrogens is 6. The van der Waals surface area contributed by atoms with Gasteiger partial charge in [-0.15, -0.1) is 0 Å². The minimum Gasteiger partial charge on any atom is -0.410 e. The van der Waals surface area contributed by atoms with Gasteiger partial charge in [0.05, 0.1) is 21.6 Å². The predicted molar refractivity (Wildman–Crippen MR) is 253 cm³/mol. The molecule has 6 heterocycles. The summed E-state index contributed by atoms with van der Waals surface area (Å²) >= 11 is 0. The van der Waals surface area contributed by atoms with Crippen LogP contribution in [0.25, 0.3) is 22.1 Å². The molecule has 2 fully saturated rings. The van der Waals surface area contributed by atoms with Gasteiger partial charge < -0.3 is 61.1 Å². The van der Waals surface area contributed by atoms with E-state index in [4.69, 9.17) is 20.9 Å². The van der Waals surface area contributed by atoms with Gasteiger partial charge >= 0.3 is 12.2 Å². The summed E-state index contributed by atoms with van der Waals surface area (Å²) in [6.07, 6.45) is 8.38. The van der Waals surface area contributed by atoms with E-state index in [1.807, 2.05) is 26.2 Å². The van der Waals surface area contributed by atoms with Crippen LogP contribution in [0.4, 0.5) is 32.6 Å². The summed E-state index contributed by atoms with van der Waals surface area (Å²) in [7, 11) is 6.43. The minimum atomic E-state index is -0.688. The maximum Gasteiger partial charge on any atom is 0.414 e. The Balaban J connectivity index is 0.000000196. The maximum atomic E-state index is 13.3. The van der Waals surface area contributed by atoms with Crippen molar-refractivity contribution < 1.29 is 28.7 Å². The fourth-order valence-electron chi connectivity index (χ4n) is 8.20. The van der Waals surface area contributed by atoms with Gasteiger partial charge in [-0.1, -0.05) is 12.1 Å². The Bertz CT molecular complexity index is 2520. The van der Waals surface area contributed by atoms with Crippen molar-refractivity contribution in [2.75, 3.05) is 87.9 Å². The summed E-state index contributed by atoms with van der Waals surface area (Å²) in [4.78, 5) is 81.2. The molecule has 4 amide bonds. The first kappa shape index (κ1) is 46.7. The number of fused-ring (bicyclic) bond motifs is 2. The number of benzene rings is 2. The molecular formula is C46H58N14O6. The molecule has 0 radical (unpaired) electrons. The second-order valence-corrected chi connectivity index (χ2v) is 17.2. The van der Waals surface area contributed by atoms with Gasteiger partial charge in [-0.2, -0.15) is 0 Å². The smallest absolute Gasteiger partial charge is 0.410 e. The first-order chi connectivity index (χ1) is 31.7. The normalized spacial score (nSPS) is 15.3. The summed E-state index contributed by atoms with van der Waals surface area (Å²) in [5, 5.41) is 7.94. The topological polar surface area (TPSA) is 259 Å². The monoisotopic (exact) mass is 902 g/mol. The lowest BCUT2D eigenvalue weighted by molar-refractivity contribution is -0.127. The van der Waals surface area contributed by atoms with E-state index in [1.54, 1.807) is 89.4 Å². The Hall–Kier alpha value is -7.32. The number of carbonyl (C=O) groups is 4. The van der Waals surface area contributed by atoms with Crippen LogP contribution in [-0.2, 0) is 9.59 Å². The number of carbonyl (C=O) groups excluding carboxylic acids is 4. The largest absolute Gasteiger partial charge is 0.414 e. The van der Waals surface area contributed by atoms with E-state index in [0.717, 1.165) is 44.8 Å². The van der Waals surface area contributed by atoms with E-state index >= 15 is 0 Å². The first-order valence-corrected chi connectivity index (χ1v) is 21.7. The number of rotatable bonds is 10. The molecule has 4 aromatic heterocycles. The van der Waals surface area contributed by atoms with Gasteiger partial charge in [0.2, 0.25) is 11.8 Å². The highest BCUT2D eigenvalue weighted by atomic mass is 16.6. The molecule has 2 aliphatic heterocycles. The van der Waals surface area contributed by atoms with Gasteiger partial charge in [-0.3, -0.25) is 9.59 Å². The lowest BCUT2D eigenvalue weighted by Crippen LogP contribution is -2.50. The summed E-state index contributed by atoms with van der Waals surface area (Å²) in [6.45, 7) is 7.15. The number of hydrogen-bond donors (Lipinski definition) is 6. The Morgan fingerprint density at radius 2 is 1.02 bits per heavy atom. The van der Waals surface area contributed by atoms with Crippen molar-refractivity contribution in [1.82, 2.24) is 39.7 Å². The quantitative estimate of drug-likeness (QED) is 0.106. The van der Waals surface area contributed by atoms with Crippen molar-refractivity contribution in [2.45, 2.75) is 39.5 Å². The average Bonchev–Trinajstić information content (AvgIpc) is 3.90. The molecule has 0 bridgehead atoms. The van der Waals surface area contributed by atoms with Crippen molar-refractivity contribution in [2.24, 2.45) is 22.3 Å². The van der Waals surface area contributed by atoms with Crippen LogP contribution in [0, 0.1) is 24.7 Å². The minimum absolute atomic E-state index is 0.133. The Morgan fingerprint density at radius 1 is 0.636 bits per heavy atom. The number of nitrogens with one attached hydrogen (secondary N) is 4. The average molecular weight is 903 g/mol. The van der Waals surface area contributed by atoms with Crippen LogP contribution in [0.3, 0.4) is 0 Å². The van der Waals surface area contributed by atoms with Gasteiger partial charge in [0.1, 0.15) is 47.1 Å². The van der Waals surface area contributed by atoms with Crippen LogP contribution < -0.4 is 41.4 Å². The van der Waals surface area contributed by atoms with Crippen molar-refractivity contribution in [3.05, 3.63) is 84.7 Å². The molecule has 0 atom stereocenters. The zero-order valence-electron chi connectivity index (χ0n) is 38.2. The standard InChI is InChI=1S/2C23H29N7O3/c2*1-15-12-25-19-18(15)20(27-14-26-19)30-9-7-23(13-24,8-10-30)21(31)28-16-5-4-6-17(11-16)33-22(32)29(2)3/h2*4-6,11-12,14H,7-10,13,24H2,1-3H3,(H,28,31)(H,25,26,27). The number of H-pyrrole nitrogens is 2. The fraction of sp³-hybridized carbons (Fsp3) is 0.391. The number of aromatic amines is 2. The molecular weight excluding hydrogens is 845 g/mol. The second kappa shape index (κ2) is 19.8. The molecule has 0 spiro atoms. The summed E-state index contributed by atoms with van der Waals surface area (Å²) < 4.78 is 10.6. The van der Waals surface area contributed by atoms with Crippen LogP contribution in [0.5, 0.6) is 11.5 Å². The van der Waals surface area contributed by atoms with Crippen LogP contribution >= 0.6 is 0 Å². The zero-order chi connectivity index (χ0) is 47.2. The molecule has 2 aromatic carbocycles. The van der Waals surface area contributed by atoms with Crippen molar-refractivity contribution in [3.8, 4) is 11.5 Å². The number of piperidine rings is 2. The van der Waals surface area contributed by atoms with E-state index in [9.17, 15) is 19.2 Å². The molecule has 348 valence electrons. The van der Waals surface area contributed by atoms with Gasteiger partial charge in [0, 0.05) is 103 Å². The molecule has 2 aliphatic rings. The fourth-order valence-corrected chi connectivity index (χ4v) is 8.20. The van der Waals surface area contributed by atoms with Crippen LogP contribution in [0.15, 0.2) is 73.6 Å². The maximum absolute atomic E-state index is 13.3. The second-order valence-electron chi connectivity index (χ2n) is 17.2. The summed E-state index contributed by atoms with van der Waals surface area (Å²) in [6, 6.07) is 13.6. The van der Waals surface area contributed by atoms with E-state index in [1.165, 1.54) is 9.80 Å². The number of anilines is 4. The molecule has 6 aromatic rings. The van der Waals surface area contributed by atoms with Crippen molar-refractivity contribution in [3.63, 3.8) is 0 Å². The number of ether oxygens (including phenoxy) is 2. The molecule has 20 nitrogen and oxygen atoms in total. The lowest BCUT2D eigenvalue weighted by atomic mass is 9.77. The molecule has 8 rings (SSSR count). The number of nitrogens with two attached hydrogens (primary N) is 2. The number of amides is 4. The van der Waals surface area contributed by atoms with Crippen molar-refractivity contribution in [1.29, 1.82) is 0 Å². The summed E-state index contributed by atoms with van der Waals surface area (Å²) in [5.74, 6) is 2.20. The van der Waals surface area contributed by atoms with Gasteiger partial charge in [-0.25, -0.2) is 29.5 Å². The highest BCUT2D eigenvalue weighted by molar-refractivity contribution is 5.97. The number of aryl methyl sites for hydroxylation is 2. The predicted octanol–water partition coefficient (Wildman–Crippen LogP) is 5.02. The molecule has 8 N–H and O–H groups in total. The van der Waals surface area contributed by atoms with E-state index < -0.39 is 23.0 Å². The van der Waals surface area contributed by atoms with Crippen molar-refractivity contribution >= 4 is 69.1 Å². The SMILES string of the molecule is Cc1c[nH]c2ncnc(N3CCC(CN)(C(=O)Nc4cccc(OC(=O)N(C)C)c4)CC3)c12.Cc1c[nH]c2ncnc(N3CCC(CN)(C(=O)Nc4cccc(OC(=O)N(C)C)c4)CC3)c12. The molecule has 20 heteroatoms. The Labute approximate surface area is 382 Å². The highest BCUT2D eigenvalue weighted by Gasteiger charge is 2.42. The highest BCUT2D eigenvalue weighted by Crippen LogP contribution is 2.38. The molecule has 66 heavy (non-hydrogen) atoms. The lowest BCUT2D eigenvalue weighted by Gasteiger charge is -2.40. The van der Waals surface area contributed by atoms with E-state index in [2.05, 4.69) is 50.3 Å². The third-order valence-corrected chi connectivity index (χ3v) is 12.4. The van der Waals surface area contributed by atoms with Gasteiger partial charge in [0.15, 0.2) is 0 Å². The third kappa shape index (κ3) is 9.98. The number of hydrogen-bond acceptors (Lipinski definition) is 14. The number of nitrogens with zero attached hydrogens (tertiary/aromatic N) is 8. The van der Waals surface area contributed by atoms with Gasteiger partial charge in [0.25, 0.3) is 0 Å². The first-order valence-electron chi connectivity index (χ1n) is 21.7. The Morgan fingerprint density at radius 3 is 1.36 bits per heavy atom. The zero-order valence-corrected chi connectivity index (χ0v) is 38.2. The molecule has 2 saturated heterocycles. The molecule has 0 unspecified atom stereocenters. The van der Waals surface area contributed by atoms with Gasteiger partial charge in [-0.05, 0) is 74.9 Å². The third-order valence-electron chi connectivity index (χ3n) is 12.4. The molecule has 0 aliphatic carbocycles. The molecule has 0 saturated carbocycles. The summed E-state index contributed by atoms with van der Waals surface area (Å²) in [5.41, 5.74) is 15.8.